The van der Waals surface area contributed by atoms with Crippen LogP contribution in [0.5, 0.6) is 0 Å². The van der Waals surface area contributed by atoms with E-state index in [1.165, 1.54) is 25.3 Å². The molecule has 0 saturated carbocycles. The molecule has 0 saturated heterocycles. The van der Waals surface area contributed by atoms with Crippen LogP contribution in [0.1, 0.15) is 49.4 Å². The van der Waals surface area contributed by atoms with Crippen LogP contribution in [0, 0.1) is 0 Å². The predicted octanol–water partition coefficient (Wildman–Crippen LogP) is 4.87. The quantitative estimate of drug-likeness (QED) is 0.651. The maximum Gasteiger partial charge on any atom is 0.338 e. The lowest BCUT2D eigenvalue weighted by molar-refractivity contribution is 0.0585. The summed E-state index contributed by atoms with van der Waals surface area (Å²) in [4.78, 5) is 24.7. The third kappa shape index (κ3) is 5.11. The van der Waals surface area contributed by atoms with Gasteiger partial charge in [0, 0.05) is 17.3 Å². The zero-order chi connectivity index (χ0) is 19.9. The highest BCUT2D eigenvalue weighted by Crippen LogP contribution is 2.28. The molecule has 0 N–H and O–H groups in total. The number of carbonyl (C=O) groups is 2. The van der Waals surface area contributed by atoms with Gasteiger partial charge in [-0.05, 0) is 53.0 Å². The lowest BCUT2D eigenvalue weighted by Gasteiger charge is -2.15. The van der Waals surface area contributed by atoms with E-state index < -0.39 is 0 Å². The van der Waals surface area contributed by atoms with Crippen LogP contribution < -0.4 is 0 Å². The lowest BCUT2D eigenvalue weighted by atomic mass is 10.00. The molecule has 0 fully saturated rings. The molecule has 0 radical (unpaired) electrons. The molecule has 148 valence electrons. The molecule has 0 amide bonds. The van der Waals surface area contributed by atoms with Gasteiger partial charge in [0.2, 0.25) is 0 Å². The van der Waals surface area contributed by atoms with Crippen LogP contribution in [0.2, 0.25) is 0 Å². The average Bonchev–Trinajstić information content (AvgIpc) is 2.72. The topological polar surface area (TPSA) is 52.6 Å². The molecule has 4 aliphatic heterocycles. The van der Waals surface area contributed by atoms with Gasteiger partial charge in [0.25, 0.3) is 0 Å². The summed E-state index contributed by atoms with van der Waals surface area (Å²) in [5, 5.41) is 0. The first-order valence-electron chi connectivity index (χ1n) is 9.18. The van der Waals surface area contributed by atoms with Gasteiger partial charge in [0.15, 0.2) is 0 Å². The molecule has 6 rings (SSSR count). The Morgan fingerprint density at radius 2 is 1.32 bits per heavy atom. The first kappa shape index (κ1) is 20.8. The van der Waals surface area contributed by atoms with E-state index in [2.05, 4.69) is 24.3 Å². The van der Waals surface area contributed by atoms with Crippen molar-refractivity contribution in [1.82, 2.24) is 0 Å². The monoisotopic (exact) mass is 416 g/mol. The number of carbonyl (C=O) groups excluding carboxylic acids is 2. The molecule has 28 heavy (non-hydrogen) atoms. The number of hydrogen-bond acceptors (Lipinski definition) is 6. The molecule has 0 aromatic heterocycles. The number of methoxy groups -OCH3 is 2. The van der Waals surface area contributed by atoms with Crippen LogP contribution in [0.4, 0.5) is 0 Å². The summed E-state index contributed by atoms with van der Waals surface area (Å²) < 4.78 is 9.97. The lowest BCUT2D eigenvalue weighted by Crippen LogP contribution is -2.12. The van der Waals surface area contributed by atoms with E-state index in [9.17, 15) is 9.59 Å². The molecule has 4 nitrogen and oxygen atoms in total. The fourth-order valence-electron chi connectivity index (χ4n) is 3.17. The summed E-state index contributed by atoms with van der Waals surface area (Å²) in [6.45, 7) is 0. The Balaban J connectivity index is 1.98. The van der Waals surface area contributed by atoms with E-state index >= 15 is 0 Å². The standard InChI is InChI=1S/C22H24O4S2/c1-25-21(23)19-11-18-14-28-12-16-7-5-15(6-8-16)4-3-9-27-13-17(19)10-20(18)22(24)26-2/h5-8,10-11H,3-4,9,12-14H2,1-2H3. The third-order valence-electron chi connectivity index (χ3n) is 4.70. The van der Waals surface area contributed by atoms with Crippen LogP contribution in [0.25, 0.3) is 0 Å². The number of benzene rings is 2. The van der Waals surface area contributed by atoms with Gasteiger partial charge in [0.05, 0.1) is 25.3 Å². The molecule has 0 atom stereocenters. The maximum absolute atomic E-state index is 12.4. The van der Waals surface area contributed by atoms with E-state index in [1.807, 2.05) is 0 Å². The minimum Gasteiger partial charge on any atom is -0.465 e. The highest BCUT2D eigenvalue weighted by Gasteiger charge is 2.20. The van der Waals surface area contributed by atoms with Gasteiger partial charge in [-0.15, -0.1) is 0 Å². The normalized spacial score (nSPS) is 14.6. The molecular formula is C22H24O4S2. The van der Waals surface area contributed by atoms with Gasteiger partial charge >= 0.3 is 11.9 Å². The van der Waals surface area contributed by atoms with Crippen molar-refractivity contribution in [3.8, 4) is 0 Å². The number of ether oxygens (including phenoxy) is 2. The fourth-order valence-corrected chi connectivity index (χ4v) is 5.11. The number of hydrogen-bond donors (Lipinski definition) is 0. The van der Waals surface area contributed by atoms with E-state index in [4.69, 9.17) is 9.47 Å². The van der Waals surface area contributed by atoms with Crippen LogP contribution in [0.3, 0.4) is 0 Å². The molecule has 0 spiro atoms. The minimum atomic E-state index is -0.372. The third-order valence-corrected chi connectivity index (χ3v) is 6.85. The number of rotatable bonds is 2. The molecule has 2 aromatic rings. The Bertz CT molecular complexity index is 846. The second kappa shape index (κ2) is 10.0. The van der Waals surface area contributed by atoms with Crippen molar-refractivity contribution in [3.63, 3.8) is 0 Å². The Morgan fingerprint density at radius 3 is 1.89 bits per heavy atom. The fraction of sp³-hybridized carbons (Fsp3) is 0.364. The van der Waals surface area contributed by atoms with Crippen LogP contribution in [-0.2, 0) is 33.2 Å². The SMILES string of the molecule is COC(=O)c1cc2c(C(=O)OC)cc1CSCCCc1ccc(cc1)CSC2. The van der Waals surface area contributed by atoms with Crippen molar-refractivity contribution in [2.24, 2.45) is 0 Å². The zero-order valence-electron chi connectivity index (χ0n) is 16.2. The molecule has 2 aromatic carbocycles. The summed E-state index contributed by atoms with van der Waals surface area (Å²) >= 11 is 3.47. The Kier molecular flexibility index (Phi) is 7.45. The first-order chi connectivity index (χ1) is 13.6. The van der Waals surface area contributed by atoms with Crippen LogP contribution >= 0.6 is 23.5 Å². The first-order valence-corrected chi connectivity index (χ1v) is 11.5. The van der Waals surface area contributed by atoms with Gasteiger partial charge in [0.1, 0.15) is 0 Å². The Labute approximate surface area is 174 Å². The maximum atomic E-state index is 12.4. The average molecular weight is 417 g/mol. The van der Waals surface area contributed by atoms with Gasteiger partial charge in [-0.2, -0.15) is 23.5 Å². The minimum absolute atomic E-state index is 0.366. The van der Waals surface area contributed by atoms with E-state index in [1.54, 1.807) is 35.7 Å². The highest BCUT2D eigenvalue weighted by atomic mass is 32.2. The van der Waals surface area contributed by atoms with Crippen molar-refractivity contribution in [2.75, 3.05) is 20.0 Å². The summed E-state index contributed by atoms with van der Waals surface area (Å²) in [5.74, 6) is 2.35. The molecular weight excluding hydrogens is 392 g/mol. The Hall–Kier alpha value is -1.92. The summed E-state index contributed by atoms with van der Waals surface area (Å²) in [6, 6.07) is 12.4. The summed E-state index contributed by atoms with van der Waals surface area (Å²) in [7, 11) is 2.77. The Morgan fingerprint density at radius 1 is 0.786 bits per heavy atom. The highest BCUT2D eigenvalue weighted by molar-refractivity contribution is 7.98. The van der Waals surface area contributed by atoms with E-state index in [0.717, 1.165) is 35.5 Å². The van der Waals surface area contributed by atoms with Crippen molar-refractivity contribution >= 4 is 35.5 Å². The summed E-state index contributed by atoms with van der Waals surface area (Å²) in [5.41, 5.74) is 5.29. The van der Waals surface area contributed by atoms with Crippen molar-refractivity contribution in [1.29, 1.82) is 0 Å². The second-order valence-electron chi connectivity index (χ2n) is 6.62. The largest absolute Gasteiger partial charge is 0.465 e. The van der Waals surface area contributed by atoms with Gasteiger partial charge in [-0.1, -0.05) is 24.3 Å². The zero-order valence-corrected chi connectivity index (χ0v) is 17.8. The number of thioether (sulfide) groups is 2. The molecule has 6 heteroatoms. The van der Waals surface area contributed by atoms with E-state index in [-0.39, 0.29) is 11.9 Å². The van der Waals surface area contributed by atoms with E-state index in [0.29, 0.717) is 22.6 Å². The van der Waals surface area contributed by atoms with Gasteiger partial charge < -0.3 is 9.47 Å². The number of aryl methyl sites for hydroxylation is 1. The van der Waals surface area contributed by atoms with Gasteiger partial charge in [-0.3, -0.25) is 0 Å². The van der Waals surface area contributed by atoms with Crippen molar-refractivity contribution in [3.05, 3.63) is 69.8 Å². The molecule has 0 unspecified atom stereocenters. The van der Waals surface area contributed by atoms with Crippen LogP contribution in [-0.4, -0.2) is 31.9 Å². The molecule has 0 aliphatic carbocycles. The molecule has 4 aliphatic rings. The molecule has 4 heterocycles. The molecule has 4 bridgehead atoms. The second-order valence-corrected chi connectivity index (χ2v) is 8.71. The smallest absolute Gasteiger partial charge is 0.338 e. The van der Waals surface area contributed by atoms with Gasteiger partial charge in [-0.25, -0.2) is 9.59 Å². The van der Waals surface area contributed by atoms with Crippen molar-refractivity contribution in [2.45, 2.75) is 30.1 Å². The predicted molar refractivity (Wildman–Crippen MR) is 115 cm³/mol. The van der Waals surface area contributed by atoms with Crippen molar-refractivity contribution < 1.29 is 19.1 Å². The summed E-state index contributed by atoms with van der Waals surface area (Å²) in [6.07, 6.45) is 2.10. The number of esters is 2. The van der Waals surface area contributed by atoms with Crippen LogP contribution in [0.15, 0.2) is 36.4 Å².